The highest BCUT2D eigenvalue weighted by atomic mass is 16.5. The van der Waals surface area contributed by atoms with Gasteiger partial charge in [0.2, 0.25) is 0 Å². The summed E-state index contributed by atoms with van der Waals surface area (Å²) in [4.78, 5) is 12.8. The van der Waals surface area contributed by atoms with Gasteiger partial charge in [-0.3, -0.25) is 4.79 Å². The van der Waals surface area contributed by atoms with Crippen LogP contribution in [0.4, 0.5) is 0 Å². The average Bonchev–Trinajstić information content (AvgIpc) is 2.67. The number of phenols is 1. The van der Waals surface area contributed by atoms with E-state index in [0.29, 0.717) is 31.2 Å². The Labute approximate surface area is 155 Å². The van der Waals surface area contributed by atoms with E-state index in [1.165, 1.54) is 5.56 Å². The number of hydrogen-bond acceptors (Lipinski definition) is 3. The zero-order chi connectivity index (χ0) is 18.6. The number of phenolic OH excluding ortho intramolecular Hbond substituents is 1. The van der Waals surface area contributed by atoms with Crippen LogP contribution in [0, 0.1) is 0 Å². The van der Waals surface area contributed by atoms with Gasteiger partial charge in [-0.25, -0.2) is 0 Å². The molecule has 1 amide bonds. The van der Waals surface area contributed by atoms with Gasteiger partial charge in [0, 0.05) is 25.2 Å². The summed E-state index contributed by atoms with van der Waals surface area (Å²) in [7, 11) is 0. The summed E-state index contributed by atoms with van der Waals surface area (Å²) in [6, 6.07) is 15.6. The molecule has 138 valence electrons. The fourth-order valence-corrected chi connectivity index (χ4v) is 3.56. The molecule has 1 aliphatic heterocycles. The number of rotatable bonds is 5. The van der Waals surface area contributed by atoms with Gasteiger partial charge >= 0.3 is 0 Å². The first-order valence-electron chi connectivity index (χ1n) is 9.26. The van der Waals surface area contributed by atoms with E-state index in [-0.39, 0.29) is 17.1 Å². The molecule has 26 heavy (non-hydrogen) atoms. The highest BCUT2D eigenvalue weighted by Crippen LogP contribution is 2.34. The SMILES string of the molecule is CC(C)c1ccc(O)c(C(=O)NCC2(c3ccccc3)CCOCC2)c1. The van der Waals surface area contributed by atoms with E-state index in [9.17, 15) is 9.90 Å². The first-order chi connectivity index (χ1) is 12.5. The van der Waals surface area contributed by atoms with E-state index >= 15 is 0 Å². The third kappa shape index (κ3) is 3.91. The maximum absolute atomic E-state index is 12.8. The van der Waals surface area contributed by atoms with Crippen molar-refractivity contribution in [3.05, 3.63) is 65.2 Å². The minimum absolute atomic E-state index is 0.0210. The predicted octanol–water partition coefficient (Wildman–Crippen LogP) is 3.99. The van der Waals surface area contributed by atoms with Gasteiger partial charge in [0.1, 0.15) is 5.75 Å². The van der Waals surface area contributed by atoms with Crippen molar-refractivity contribution in [2.24, 2.45) is 0 Å². The van der Waals surface area contributed by atoms with Crippen LogP contribution in [0.1, 0.15) is 54.1 Å². The monoisotopic (exact) mass is 353 g/mol. The number of ether oxygens (including phenoxy) is 1. The van der Waals surface area contributed by atoms with Crippen molar-refractivity contribution in [1.82, 2.24) is 5.32 Å². The molecule has 4 nitrogen and oxygen atoms in total. The topological polar surface area (TPSA) is 58.6 Å². The van der Waals surface area contributed by atoms with Crippen LogP contribution in [0.15, 0.2) is 48.5 Å². The fourth-order valence-electron chi connectivity index (χ4n) is 3.56. The van der Waals surface area contributed by atoms with E-state index < -0.39 is 0 Å². The molecule has 1 heterocycles. The third-order valence-corrected chi connectivity index (χ3v) is 5.36. The second kappa shape index (κ2) is 7.92. The molecule has 1 saturated heterocycles. The number of nitrogens with one attached hydrogen (secondary N) is 1. The van der Waals surface area contributed by atoms with Gasteiger partial charge in [0.25, 0.3) is 5.91 Å². The molecule has 0 atom stereocenters. The third-order valence-electron chi connectivity index (χ3n) is 5.36. The van der Waals surface area contributed by atoms with Crippen molar-refractivity contribution in [2.75, 3.05) is 19.8 Å². The van der Waals surface area contributed by atoms with Crippen molar-refractivity contribution in [3.8, 4) is 5.75 Å². The normalized spacial score (nSPS) is 16.4. The van der Waals surface area contributed by atoms with Gasteiger partial charge in [0.05, 0.1) is 5.56 Å². The highest BCUT2D eigenvalue weighted by molar-refractivity contribution is 5.97. The molecule has 0 aliphatic carbocycles. The molecule has 0 unspecified atom stereocenters. The van der Waals surface area contributed by atoms with Crippen molar-refractivity contribution >= 4 is 5.91 Å². The summed E-state index contributed by atoms with van der Waals surface area (Å²) in [5.74, 6) is 0.0905. The fraction of sp³-hybridized carbons (Fsp3) is 0.409. The molecule has 3 rings (SSSR count). The van der Waals surface area contributed by atoms with Gasteiger partial charge in [-0.15, -0.1) is 0 Å². The number of carbonyl (C=O) groups excluding carboxylic acids is 1. The largest absolute Gasteiger partial charge is 0.507 e. The number of aromatic hydroxyl groups is 1. The van der Waals surface area contributed by atoms with Crippen LogP contribution in [0.5, 0.6) is 5.75 Å². The van der Waals surface area contributed by atoms with Crippen LogP contribution in [-0.2, 0) is 10.2 Å². The molecule has 1 fully saturated rings. The lowest BCUT2D eigenvalue weighted by atomic mass is 9.74. The molecule has 0 aromatic heterocycles. The summed E-state index contributed by atoms with van der Waals surface area (Å²) in [5, 5.41) is 13.2. The lowest BCUT2D eigenvalue weighted by Crippen LogP contribution is -2.44. The van der Waals surface area contributed by atoms with Gasteiger partial charge in [-0.1, -0.05) is 50.2 Å². The Bertz CT molecular complexity index is 749. The zero-order valence-corrected chi connectivity index (χ0v) is 15.5. The minimum Gasteiger partial charge on any atom is -0.507 e. The lowest BCUT2D eigenvalue weighted by molar-refractivity contribution is 0.0487. The van der Waals surface area contributed by atoms with Crippen LogP contribution in [0.3, 0.4) is 0 Å². The Morgan fingerprint density at radius 1 is 1.15 bits per heavy atom. The minimum atomic E-state index is -0.230. The molecule has 0 bridgehead atoms. The maximum atomic E-state index is 12.8. The Morgan fingerprint density at radius 3 is 2.50 bits per heavy atom. The quantitative estimate of drug-likeness (QED) is 0.854. The van der Waals surface area contributed by atoms with E-state index in [2.05, 4.69) is 31.3 Å². The van der Waals surface area contributed by atoms with Crippen molar-refractivity contribution in [2.45, 2.75) is 38.0 Å². The molecule has 0 saturated carbocycles. The summed E-state index contributed by atoms with van der Waals surface area (Å²) in [6.45, 7) is 6.06. The average molecular weight is 353 g/mol. The molecule has 2 N–H and O–H groups in total. The number of benzene rings is 2. The van der Waals surface area contributed by atoms with Gasteiger partial charge in [-0.2, -0.15) is 0 Å². The molecule has 0 spiro atoms. The van der Waals surface area contributed by atoms with Crippen LogP contribution in [0.2, 0.25) is 0 Å². The highest BCUT2D eigenvalue weighted by Gasteiger charge is 2.35. The smallest absolute Gasteiger partial charge is 0.255 e. The summed E-state index contributed by atoms with van der Waals surface area (Å²) in [6.07, 6.45) is 1.74. The van der Waals surface area contributed by atoms with Crippen molar-refractivity contribution < 1.29 is 14.6 Å². The van der Waals surface area contributed by atoms with Crippen molar-refractivity contribution in [1.29, 1.82) is 0 Å². The lowest BCUT2D eigenvalue weighted by Gasteiger charge is -2.38. The van der Waals surface area contributed by atoms with Crippen LogP contribution >= 0.6 is 0 Å². The van der Waals surface area contributed by atoms with Crippen LogP contribution < -0.4 is 5.32 Å². The first kappa shape index (κ1) is 18.5. The Kier molecular flexibility index (Phi) is 5.62. The van der Waals surface area contributed by atoms with Crippen LogP contribution in [-0.4, -0.2) is 30.8 Å². The second-order valence-corrected chi connectivity index (χ2v) is 7.37. The summed E-state index contributed by atoms with van der Waals surface area (Å²) < 4.78 is 5.55. The van der Waals surface area contributed by atoms with Gasteiger partial charge in [-0.05, 0) is 42.0 Å². The Balaban J connectivity index is 1.79. The maximum Gasteiger partial charge on any atom is 0.255 e. The van der Waals surface area contributed by atoms with E-state index in [1.807, 2.05) is 24.3 Å². The molecular formula is C22H27NO3. The van der Waals surface area contributed by atoms with Crippen LogP contribution in [0.25, 0.3) is 0 Å². The van der Waals surface area contributed by atoms with Gasteiger partial charge in [0.15, 0.2) is 0 Å². The number of amides is 1. The number of hydrogen-bond donors (Lipinski definition) is 2. The predicted molar refractivity (Wildman–Crippen MR) is 103 cm³/mol. The van der Waals surface area contributed by atoms with E-state index in [1.54, 1.807) is 12.1 Å². The Hall–Kier alpha value is -2.33. The zero-order valence-electron chi connectivity index (χ0n) is 15.5. The van der Waals surface area contributed by atoms with Gasteiger partial charge < -0.3 is 15.2 Å². The first-order valence-corrected chi connectivity index (χ1v) is 9.26. The molecule has 1 aliphatic rings. The molecule has 2 aromatic rings. The summed E-state index contributed by atoms with van der Waals surface area (Å²) in [5.41, 5.74) is 2.48. The van der Waals surface area contributed by atoms with E-state index in [0.717, 1.165) is 18.4 Å². The summed E-state index contributed by atoms with van der Waals surface area (Å²) >= 11 is 0. The Morgan fingerprint density at radius 2 is 1.85 bits per heavy atom. The standard InChI is InChI=1S/C22H27NO3/c1-16(2)17-8-9-20(24)19(14-17)21(25)23-15-22(10-12-26-13-11-22)18-6-4-3-5-7-18/h3-9,14,16,24H,10-13,15H2,1-2H3,(H,23,25). The molecule has 4 heteroatoms. The molecule has 0 radical (unpaired) electrons. The van der Waals surface area contributed by atoms with Crippen molar-refractivity contribution in [3.63, 3.8) is 0 Å². The van der Waals surface area contributed by atoms with E-state index in [4.69, 9.17) is 4.74 Å². The molecule has 2 aromatic carbocycles. The molecular weight excluding hydrogens is 326 g/mol. The number of carbonyl (C=O) groups is 1. The second-order valence-electron chi connectivity index (χ2n) is 7.37.